The van der Waals surface area contributed by atoms with Crippen molar-refractivity contribution in [3.8, 4) is 17.1 Å². The molecule has 1 aromatic heterocycles. The van der Waals surface area contributed by atoms with E-state index in [0.717, 1.165) is 0 Å². The van der Waals surface area contributed by atoms with Crippen molar-refractivity contribution in [3.05, 3.63) is 36.5 Å². The summed E-state index contributed by atoms with van der Waals surface area (Å²) in [5.41, 5.74) is 0.631. The number of aromatic hydroxyl groups is 1. The van der Waals surface area contributed by atoms with Crippen molar-refractivity contribution in [1.29, 1.82) is 0 Å². The Kier molecular flexibility index (Phi) is 1.55. The molecule has 3 nitrogen and oxygen atoms in total. The van der Waals surface area contributed by atoms with Crippen LogP contribution in [-0.4, -0.2) is 10.3 Å². The number of benzene rings is 1. The van der Waals surface area contributed by atoms with Gasteiger partial charge in [0.2, 0.25) is 0 Å². The van der Waals surface area contributed by atoms with Crippen LogP contribution >= 0.6 is 0 Å². The molecule has 1 N–H and O–H groups in total. The molecule has 0 aliphatic heterocycles. The fraction of sp³-hybridized carbons (Fsp3) is 0. The molecule has 0 fully saturated rings. The van der Waals surface area contributed by atoms with Crippen LogP contribution in [0.5, 0.6) is 5.75 Å². The highest BCUT2D eigenvalue weighted by molar-refractivity contribution is 5.64. The molecule has 0 aliphatic rings. The maximum atomic E-state index is 9.38. The quantitative estimate of drug-likeness (QED) is 0.692. The first-order chi connectivity index (χ1) is 5.88. The van der Waals surface area contributed by atoms with Crippen molar-refractivity contribution in [2.75, 3.05) is 0 Å². The van der Waals surface area contributed by atoms with E-state index in [9.17, 15) is 5.11 Å². The molecule has 1 heterocycles. The van der Waals surface area contributed by atoms with Gasteiger partial charge in [0.05, 0.1) is 5.56 Å². The van der Waals surface area contributed by atoms with E-state index in [4.69, 9.17) is 4.52 Å². The van der Waals surface area contributed by atoms with Crippen LogP contribution in [0.2, 0.25) is 0 Å². The summed E-state index contributed by atoms with van der Waals surface area (Å²) in [6.07, 6.45) is 2.53. The molecule has 3 heteroatoms. The van der Waals surface area contributed by atoms with Crippen LogP contribution in [0.4, 0.5) is 0 Å². The number of para-hydroxylation sites is 1. The van der Waals surface area contributed by atoms with Gasteiger partial charge in [0.15, 0.2) is 5.76 Å². The van der Waals surface area contributed by atoms with Gasteiger partial charge in [-0.3, -0.25) is 0 Å². The molecule has 0 bridgehead atoms. The molecule has 0 aliphatic carbocycles. The van der Waals surface area contributed by atoms with Crippen molar-refractivity contribution in [1.82, 2.24) is 5.16 Å². The standard InChI is InChI=1S/C9H6NO2/c11-8-4-2-1-3-7(8)9-5-6-10-12-9/h1-5,11H. The maximum Gasteiger partial charge on any atom is 0.171 e. The fourth-order valence-corrected chi connectivity index (χ4v) is 0.996. The average Bonchev–Trinajstić information content (AvgIpc) is 2.57. The van der Waals surface area contributed by atoms with Crippen LogP contribution in [-0.2, 0) is 0 Å². The molecule has 0 unspecified atom stereocenters. The van der Waals surface area contributed by atoms with Crippen LogP contribution in [0.3, 0.4) is 0 Å². The molecule has 0 atom stereocenters. The SMILES string of the molecule is Oc1ccccc1-c1c[c]no1. The topological polar surface area (TPSA) is 46.3 Å². The predicted molar refractivity (Wildman–Crippen MR) is 42.4 cm³/mol. The highest BCUT2D eigenvalue weighted by Gasteiger charge is 2.05. The summed E-state index contributed by atoms with van der Waals surface area (Å²) in [7, 11) is 0. The predicted octanol–water partition coefficient (Wildman–Crippen LogP) is 1.85. The average molecular weight is 160 g/mol. The Morgan fingerprint density at radius 3 is 2.83 bits per heavy atom. The molecule has 2 rings (SSSR count). The third-order valence-corrected chi connectivity index (χ3v) is 1.56. The number of nitrogens with zero attached hydrogens (tertiary/aromatic N) is 1. The molecule has 0 saturated heterocycles. The summed E-state index contributed by atoms with van der Waals surface area (Å²) >= 11 is 0. The van der Waals surface area contributed by atoms with Gasteiger partial charge in [0.25, 0.3) is 0 Å². The van der Waals surface area contributed by atoms with Gasteiger partial charge in [0.1, 0.15) is 11.9 Å². The lowest BCUT2D eigenvalue weighted by Crippen LogP contribution is -1.73. The lowest BCUT2D eigenvalue weighted by atomic mass is 10.1. The fourth-order valence-electron chi connectivity index (χ4n) is 0.996. The summed E-state index contributed by atoms with van der Waals surface area (Å²) in [5, 5.41) is 12.8. The van der Waals surface area contributed by atoms with E-state index in [-0.39, 0.29) is 5.75 Å². The van der Waals surface area contributed by atoms with Gasteiger partial charge in [-0.2, -0.15) is 0 Å². The van der Waals surface area contributed by atoms with Gasteiger partial charge in [-0.05, 0) is 12.1 Å². The Balaban J connectivity index is 2.55. The second kappa shape index (κ2) is 2.70. The van der Waals surface area contributed by atoms with Crippen molar-refractivity contribution in [2.24, 2.45) is 0 Å². The van der Waals surface area contributed by atoms with Crippen molar-refractivity contribution < 1.29 is 9.63 Å². The minimum Gasteiger partial charge on any atom is -0.507 e. The Morgan fingerprint density at radius 1 is 1.33 bits per heavy atom. The first-order valence-electron chi connectivity index (χ1n) is 3.49. The van der Waals surface area contributed by atoms with Gasteiger partial charge < -0.3 is 9.63 Å². The lowest BCUT2D eigenvalue weighted by Gasteiger charge is -1.97. The maximum absolute atomic E-state index is 9.38. The van der Waals surface area contributed by atoms with E-state index < -0.39 is 0 Å². The number of aromatic nitrogens is 1. The molecule has 0 saturated carbocycles. The zero-order valence-corrected chi connectivity index (χ0v) is 6.19. The first-order valence-corrected chi connectivity index (χ1v) is 3.49. The van der Waals surface area contributed by atoms with Gasteiger partial charge >= 0.3 is 0 Å². The zero-order chi connectivity index (χ0) is 8.39. The number of rotatable bonds is 1. The molecular weight excluding hydrogens is 154 g/mol. The summed E-state index contributed by atoms with van der Waals surface area (Å²) in [4.78, 5) is 0. The summed E-state index contributed by atoms with van der Waals surface area (Å²) in [6.45, 7) is 0. The van der Waals surface area contributed by atoms with Crippen molar-refractivity contribution in [2.45, 2.75) is 0 Å². The second-order valence-electron chi connectivity index (χ2n) is 2.34. The minimum atomic E-state index is 0.183. The Labute approximate surface area is 69.2 Å². The van der Waals surface area contributed by atoms with E-state index >= 15 is 0 Å². The van der Waals surface area contributed by atoms with E-state index in [1.54, 1.807) is 24.3 Å². The summed E-state index contributed by atoms with van der Waals surface area (Å²) < 4.78 is 4.83. The van der Waals surface area contributed by atoms with E-state index in [0.29, 0.717) is 11.3 Å². The third-order valence-electron chi connectivity index (χ3n) is 1.56. The van der Waals surface area contributed by atoms with Crippen molar-refractivity contribution in [3.63, 3.8) is 0 Å². The normalized spacial score (nSPS) is 10.0. The van der Waals surface area contributed by atoms with Crippen LogP contribution in [0, 0.1) is 6.20 Å². The smallest absolute Gasteiger partial charge is 0.171 e. The summed E-state index contributed by atoms with van der Waals surface area (Å²) in [5.74, 6) is 0.704. The highest BCUT2D eigenvalue weighted by atomic mass is 16.5. The Hall–Kier alpha value is -1.77. The first kappa shape index (κ1) is 6.91. The van der Waals surface area contributed by atoms with Gasteiger partial charge in [-0.15, -0.1) is 0 Å². The van der Waals surface area contributed by atoms with Crippen LogP contribution in [0.1, 0.15) is 0 Å². The van der Waals surface area contributed by atoms with Crippen molar-refractivity contribution >= 4 is 0 Å². The second-order valence-corrected chi connectivity index (χ2v) is 2.34. The number of phenols is 1. The molecule has 59 valence electrons. The Bertz CT molecular complexity index is 368. The largest absolute Gasteiger partial charge is 0.507 e. The third kappa shape index (κ3) is 1.05. The number of phenolic OH excluding ortho intramolecular Hbond substituents is 1. The number of hydrogen-bond donors (Lipinski definition) is 1. The lowest BCUT2D eigenvalue weighted by molar-refractivity contribution is 0.425. The van der Waals surface area contributed by atoms with Crippen LogP contribution in [0.15, 0.2) is 34.9 Å². The van der Waals surface area contributed by atoms with Crippen LogP contribution in [0.25, 0.3) is 11.3 Å². The minimum absolute atomic E-state index is 0.183. The number of hydrogen-bond acceptors (Lipinski definition) is 3. The van der Waals surface area contributed by atoms with E-state index in [2.05, 4.69) is 11.4 Å². The van der Waals surface area contributed by atoms with E-state index in [1.807, 2.05) is 6.07 Å². The molecule has 1 aromatic carbocycles. The molecule has 1 radical (unpaired) electrons. The Morgan fingerprint density at radius 2 is 2.17 bits per heavy atom. The van der Waals surface area contributed by atoms with Crippen LogP contribution < -0.4 is 0 Å². The summed E-state index contributed by atoms with van der Waals surface area (Å²) in [6, 6.07) is 8.49. The van der Waals surface area contributed by atoms with Gasteiger partial charge in [0, 0.05) is 6.07 Å². The molecule has 0 amide bonds. The zero-order valence-electron chi connectivity index (χ0n) is 6.19. The molecule has 0 spiro atoms. The van der Waals surface area contributed by atoms with E-state index in [1.165, 1.54) is 0 Å². The monoisotopic (exact) mass is 160 g/mol. The molecule has 2 aromatic rings. The molecular formula is C9H6NO2. The van der Waals surface area contributed by atoms with Gasteiger partial charge in [-0.1, -0.05) is 17.3 Å². The highest BCUT2D eigenvalue weighted by Crippen LogP contribution is 2.27. The molecule has 12 heavy (non-hydrogen) atoms. The van der Waals surface area contributed by atoms with Gasteiger partial charge in [-0.25, -0.2) is 0 Å².